The molecule has 1 N–H and O–H groups in total. The maximum Gasteiger partial charge on any atom is 0.274 e. The summed E-state index contributed by atoms with van der Waals surface area (Å²) in [6.07, 6.45) is 6.41. The lowest BCUT2D eigenvalue weighted by atomic mass is 9.93. The Hall–Kier alpha value is -2.80. The highest BCUT2D eigenvalue weighted by atomic mass is 16.5. The fraction of sp³-hybridized carbons (Fsp3) is 0.400. The molecule has 2 amide bonds. The summed E-state index contributed by atoms with van der Waals surface area (Å²) in [5.74, 6) is -0.183. The molecule has 0 spiro atoms. The molecule has 1 saturated carbocycles. The Morgan fingerprint density at radius 2 is 1.81 bits per heavy atom. The molecule has 0 radical (unpaired) electrons. The number of hydrogen-bond donors (Lipinski definition) is 1. The van der Waals surface area contributed by atoms with Crippen LogP contribution in [-0.2, 0) is 4.74 Å². The fourth-order valence-corrected chi connectivity index (χ4v) is 3.15. The minimum absolute atomic E-state index is 0.0476. The number of amides is 2. The van der Waals surface area contributed by atoms with Gasteiger partial charge >= 0.3 is 0 Å². The predicted molar refractivity (Wildman–Crippen MR) is 99.3 cm³/mol. The third kappa shape index (κ3) is 3.98. The largest absolute Gasteiger partial charge is 0.378 e. The Labute approximate surface area is 157 Å². The van der Waals surface area contributed by atoms with Gasteiger partial charge in [0.25, 0.3) is 11.8 Å². The SMILES string of the molecule is O=C(NC1CCC1)c1ccc(-c2cncc(C(=O)N3CCOCC3)n2)cc1. The first-order valence-electron chi connectivity index (χ1n) is 9.31. The third-order valence-electron chi connectivity index (χ3n) is 5.04. The van der Waals surface area contributed by atoms with Crippen LogP contribution in [0.5, 0.6) is 0 Å². The summed E-state index contributed by atoms with van der Waals surface area (Å²) in [6, 6.07) is 7.54. The molecule has 1 aliphatic heterocycles. The average molecular weight is 366 g/mol. The average Bonchev–Trinajstić information content (AvgIpc) is 2.71. The standard InChI is InChI=1S/C20H22N4O3/c25-19(22-16-2-1-3-16)15-6-4-14(5-7-15)17-12-21-13-18(23-17)20(26)24-8-10-27-11-9-24/h4-7,12-13,16H,1-3,8-11H2,(H,22,25). The molecule has 2 aliphatic rings. The van der Waals surface area contributed by atoms with Gasteiger partial charge in [-0.1, -0.05) is 12.1 Å². The lowest BCUT2D eigenvalue weighted by molar-refractivity contribution is 0.0299. The van der Waals surface area contributed by atoms with Crippen molar-refractivity contribution in [3.8, 4) is 11.3 Å². The van der Waals surface area contributed by atoms with Crippen LogP contribution in [0.4, 0.5) is 0 Å². The Balaban J connectivity index is 1.48. The number of ether oxygens (including phenoxy) is 1. The van der Waals surface area contributed by atoms with Crippen LogP contribution in [-0.4, -0.2) is 59.0 Å². The van der Waals surface area contributed by atoms with Crippen molar-refractivity contribution in [2.45, 2.75) is 25.3 Å². The van der Waals surface area contributed by atoms with Gasteiger partial charge in [0.2, 0.25) is 0 Å². The minimum Gasteiger partial charge on any atom is -0.378 e. The number of rotatable bonds is 4. The van der Waals surface area contributed by atoms with E-state index in [4.69, 9.17) is 4.74 Å². The molecule has 1 saturated heterocycles. The maximum atomic E-state index is 12.6. The molecule has 1 aromatic carbocycles. The number of benzene rings is 1. The van der Waals surface area contributed by atoms with Crippen LogP contribution in [0.3, 0.4) is 0 Å². The molecule has 2 heterocycles. The van der Waals surface area contributed by atoms with Gasteiger partial charge < -0.3 is 15.0 Å². The number of hydrogen-bond acceptors (Lipinski definition) is 5. The van der Waals surface area contributed by atoms with Crippen LogP contribution >= 0.6 is 0 Å². The number of aromatic nitrogens is 2. The van der Waals surface area contributed by atoms with Crippen molar-refractivity contribution >= 4 is 11.8 Å². The zero-order chi connectivity index (χ0) is 18.6. The molecule has 2 fully saturated rings. The van der Waals surface area contributed by atoms with E-state index in [1.54, 1.807) is 23.2 Å². The molecule has 1 aromatic heterocycles. The summed E-state index contributed by atoms with van der Waals surface area (Å²) in [4.78, 5) is 35.2. The second-order valence-electron chi connectivity index (χ2n) is 6.87. The zero-order valence-corrected chi connectivity index (χ0v) is 15.1. The third-order valence-corrected chi connectivity index (χ3v) is 5.04. The molecule has 7 nitrogen and oxygen atoms in total. The number of nitrogens with one attached hydrogen (secondary N) is 1. The molecule has 7 heteroatoms. The molecule has 27 heavy (non-hydrogen) atoms. The van der Waals surface area contributed by atoms with Gasteiger partial charge in [0.15, 0.2) is 0 Å². The molecule has 0 bridgehead atoms. The van der Waals surface area contributed by atoms with E-state index in [0.717, 1.165) is 18.4 Å². The van der Waals surface area contributed by atoms with Crippen LogP contribution in [0, 0.1) is 0 Å². The maximum absolute atomic E-state index is 12.6. The van der Waals surface area contributed by atoms with Gasteiger partial charge in [0, 0.05) is 30.3 Å². The van der Waals surface area contributed by atoms with Gasteiger partial charge in [0.05, 0.1) is 31.3 Å². The van der Waals surface area contributed by atoms with Crippen LogP contribution in [0.15, 0.2) is 36.7 Å². The van der Waals surface area contributed by atoms with Crippen LogP contribution < -0.4 is 5.32 Å². The van der Waals surface area contributed by atoms with Crippen molar-refractivity contribution in [2.75, 3.05) is 26.3 Å². The van der Waals surface area contributed by atoms with Crippen molar-refractivity contribution in [3.05, 3.63) is 47.9 Å². The van der Waals surface area contributed by atoms with E-state index in [2.05, 4.69) is 15.3 Å². The van der Waals surface area contributed by atoms with Crippen molar-refractivity contribution in [2.24, 2.45) is 0 Å². The van der Waals surface area contributed by atoms with E-state index in [-0.39, 0.29) is 11.8 Å². The van der Waals surface area contributed by atoms with Gasteiger partial charge in [-0.25, -0.2) is 4.98 Å². The van der Waals surface area contributed by atoms with Crippen LogP contribution in [0.2, 0.25) is 0 Å². The Morgan fingerprint density at radius 1 is 1.07 bits per heavy atom. The van der Waals surface area contributed by atoms with Crippen LogP contribution in [0.1, 0.15) is 40.1 Å². The number of nitrogens with zero attached hydrogens (tertiary/aromatic N) is 3. The quantitative estimate of drug-likeness (QED) is 0.893. The highest BCUT2D eigenvalue weighted by Gasteiger charge is 2.21. The molecule has 140 valence electrons. The molecule has 1 aliphatic carbocycles. The second-order valence-corrected chi connectivity index (χ2v) is 6.87. The van der Waals surface area contributed by atoms with E-state index in [9.17, 15) is 9.59 Å². The van der Waals surface area contributed by atoms with Gasteiger partial charge in [-0.05, 0) is 31.4 Å². The smallest absolute Gasteiger partial charge is 0.274 e. The lowest BCUT2D eigenvalue weighted by Gasteiger charge is -2.26. The van der Waals surface area contributed by atoms with Gasteiger partial charge in [-0.3, -0.25) is 14.6 Å². The zero-order valence-electron chi connectivity index (χ0n) is 15.1. The summed E-state index contributed by atoms with van der Waals surface area (Å²) in [6.45, 7) is 2.22. The van der Waals surface area contributed by atoms with Crippen molar-refractivity contribution in [3.63, 3.8) is 0 Å². The van der Waals surface area contributed by atoms with E-state index in [0.29, 0.717) is 49.3 Å². The number of carbonyl (C=O) groups excluding carboxylic acids is 2. The lowest BCUT2D eigenvalue weighted by Crippen LogP contribution is -2.41. The topological polar surface area (TPSA) is 84.4 Å². The highest BCUT2D eigenvalue weighted by Crippen LogP contribution is 2.20. The molecular weight excluding hydrogens is 344 g/mol. The highest BCUT2D eigenvalue weighted by molar-refractivity contribution is 5.95. The summed E-state index contributed by atoms with van der Waals surface area (Å²) in [5.41, 5.74) is 2.37. The van der Waals surface area contributed by atoms with E-state index < -0.39 is 0 Å². The molecule has 0 unspecified atom stereocenters. The summed E-state index contributed by atoms with van der Waals surface area (Å²) < 4.78 is 5.28. The number of morpholine rings is 1. The summed E-state index contributed by atoms with van der Waals surface area (Å²) >= 11 is 0. The normalized spacial score (nSPS) is 17.3. The molecule has 0 atom stereocenters. The predicted octanol–water partition coefficient (Wildman–Crippen LogP) is 1.90. The van der Waals surface area contributed by atoms with Gasteiger partial charge in [0.1, 0.15) is 5.69 Å². The van der Waals surface area contributed by atoms with Crippen molar-refractivity contribution < 1.29 is 14.3 Å². The minimum atomic E-state index is -0.135. The van der Waals surface area contributed by atoms with Gasteiger partial charge in [-0.15, -0.1) is 0 Å². The van der Waals surface area contributed by atoms with Crippen LogP contribution in [0.25, 0.3) is 11.3 Å². The summed E-state index contributed by atoms with van der Waals surface area (Å²) in [5, 5.41) is 3.02. The van der Waals surface area contributed by atoms with Crippen molar-refractivity contribution in [1.29, 1.82) is 0 Å². The molecule has 2 aromatic rings. The monoisotopic (exact) mass is 366 g/mol. The molecule has 4 rings (SSSR count). The Kier molecular flexibility index (Phi) is 5.11. The molecular formula is C20H22N4O3. The Morgan fingerprint density at radius 3 is 2.48 bits per heavy atom. The van der Waals surface area contributed by atoms with Crippen molar-refractivity contribution in [1.82, 2.24) is 20.2 Å². The second kappa shape index (κ2) is 7.84. The van der Waals surface area contributed by atoms with E-state index >= 15 is 0 Å². The summed E-state index contributed by atoms with van der Waals surface area (Å²) in [7, 11) is 0. The first kappa shape index (κ1) is 17.6. The first-order chi connectivity index (χ1) is 13.2. The number of carbonyl (C=O) groups is 2. The first-order valence-corrected chi connectivity index (χ1v) is 9.31. The van der Waals surface area contributed by atoms with Gasteiger partial charge in [-0.2, -0.15) is 0 Å². The fourth-order valence-electron chi connectivity index (χ4n) is 3.15. The Bertz CT molecular complexity index is 827. The van der Waals surface area contributed by atoms with E-state index in [1.165, 1.54) is 12.6 Å². The van der Waals surface area contributed by atoms with E-state index in [1.807, 2.05) is 12.1 Å².